The van der Waals surface area contributed by atoms with E-state index in [-0.39, 0.29) is 5.41 Å². The standard InChI is InChI=1S/C18H23N5O3S/c1-18(6-7-22(2)27(20,24)25)11-23(12-18)17-13(9-19)10-21-16-8-14(26-3)4-5-15(16)17/h4-5,8,10H,6-7,11-12H2,1-3H3,(H2,20,24,25). The van der Waals surface area contributed by atoms with Crippen LogP contribution in [-0.4, -0.2) is 51.5 Å². The molecule has 0 aliphatic carbocycles. The third kappa shape index (κ3) is 3.83. The number of anilines is 1. The normalized spacial score (nSPS) is 16.2. The largest absolute Gasteiger partial charge is 0.497 e. The molecular weight excluding hydrogens is 366 g/mol. The predicted molar refractivity (Wildman–Crippen MR) is 104 cm³/mol. The highest BCUT2D eigenvalue weighted by atomic mass is 32.2. The molecule has 0 bridgehead atoms. The molecule has 2 aromatic rings. The summed E-state index contributed by atoms with van der Waals surface area (Å²) in [6.07, 6.45) is 2.27. The van der Waals surface area contributed by atoms with Gasteiger partial charge in [0.25, 0.3) is 10.2 Å². The Balaban J connectivity index is 1.82. The van der Waals surface area contributed by atoms with Crippen LogP contribution in [0.1, 0.15) is 18.9 Å². The zero-order chi connectivity index (χ0) is 19.8. The average molecular weight is 389 g/mol. The van der Waals surface area contributed by atoms with E-state index in [1.54, 1.807) is 13.3 Å². The summed E-state index contributed by atoms with van der Waals surface area (Å²) in [5.41, 5.74) is 2.11. The molecule has 1 aliphatic heterocycles. The van der Waals surface area contributed by atoms with Crippen molar-refractivity contribution in [1.29, 1.82) is 5.26 Å². The fourth-order valence-corrected chi connectivity index (χ4v) is 3.80. The quantitative estimate of drug-likeness (QED) is 0.800. The number of hydrogen-bond acceptors (Lipinski definition) is 6. The second kappa shape index (κ2) is 6.96. The van der Waals surface area contributed by atoms with Crippen molar-refractivity contribution in [3.8, 4) is 11.8 Å². The van der Waals surface area contributed by atoms with Crippen molar-refractivity contribution < 1.29 is 13.2 Å². The van der Waals surface area contributed by atoms with E-state index < -0.39 is 10.2 Å². The van der Waals surface area contributed by atoms with Gasteiger partial charge in [-0.1, -0.05) is 6.92 Å². The van der Waals surface area contributed by atoms with Gasteiger partial charge >= 0.3 is 0 Å². The zero-order valence-corrected chi connectivity index (χ0v) is 16.5. The second-order valence-electron chi connectivity index (χ2n) is 7.30. The maximum Gasteiger partial charge on any atom is 0.276 e. The molecule has 2 heterocycles. The molecule has 0 saturated carbocycles. The summed E-state index contributed by atoms with van der Waals surface area (Å²) >= 11 is 0. The van der Waals surface area contributed by atoms with Crippen molar-refractivity contribution in [2.45, 2.75) is 13.3 Å². The molecule has 1 aromatic heterocycles. The van der Waals surface area contributed by atoms with E-state index in [9.17, 15) is 13.7 Å². The van der Waals surface area contributed by atoms with Crippen LogP contribution in [0, 0.1) is 16.7 Å². The molecule has 0 atom stereocenters. The Morgan fingerprint density at radius 2 is 2.15 bits per heavy atom. The molecule has 1 fully saturated rings. The van der Waals surface area contributed by atoms with Crippen LogP contribution in [0.25, 0.3) is 10.9 Å². The minimum atomic E-state index is -3.66. The van der Waals surface area contributed by atoms with Crippen molar-refractivity contribution in [3.63, 3.8) is 0 Å². The van der Waals surface area contributed by atoms with Gasteiger partial charge in [-0.15, -0.1) is 0 Å². The fourth-order valence-electron chi connectivity index (χ4n) is 3.45. The molecule has 3 rings (SSSR count). The summed E-state index contributed by atoms with van der Waals surface area (Å²) in [5.74, 6) is 0.713. The lowest BCUT2D eigenvalue weighted by atomic mass is 9.78. The highest BCUT2D eigenvalue weighted by Crippen LogP contribution is 2.41. The molecule has 144 valence electrons. The maximum absolute atomic E-state index is 11.4. The van der Waals surface area contributed by atoms with Gasteiger partial charge in [0.05, 0.1) is 23.9 Å². The van der Waals surface area contributed by atoms with Gasteiger partial charge in [-0.25, -0.2) is 5.14 Å². The lowest BCUT2D eigenvalue weighted by Gasteiger charge is -2.50. The lowest BCUT2D eigenvalue weighted by Crippen LogP contribution is -2.56. The van der Waals surface area contributed by atoms with Crippen LogP contribution in [0.3, 0.4) is 0 Å². The van der Waals surface area contributed by atoms with Crippen LogP contribution in [-0.2, 0) is 10.2 Å². The molecule has 1 saturated heterocycles. The summed E-state index contributed by atoms with van der Waals surface area (Å²) in [6, 6.07) is 7.84. The summed E-state index contributed by atoms with van der Waals surface area (Å²) in [5, 5.41) is 15.6. The van der Waals surface area contributed by atoms with Gasteiger partial charge in [0, 0.05) is 49.7 Å². The highest BCUT2D eigenvalue weighted by molar-refractivity contribution is 7.86. The summed E-state index contributed by atoms with van der Waals surface area (Å²) in [7, 11) is -0.583. The van der Waals surface area contributed by atoms with Crippen molar-refractivity contribution in [1.82, 2.24) is 9.29 Å². The Morgan fingerprint density at radius 3 is 2.74 bits per heavy atom. The topological polar surface area (TPSA) is 113 Å². The minimum Gasteiger partial charge on any atom is -0.497 e. The van der Waals surface area contributed by atoms with E-state index in [0.717, 1.165) is 34.0 Å². The fraction of sp³-hybridized carbons (Fsp3) is 0.444. The molecular formula is C18H23N5O3S. The monoisotopic (exact) mass is 389 g/mol. The lowest BCUT2D eigenvalue weighted by molar-refractivity contribution is 0.209. The molecule has 1 aliphatic rings. The number of aromatic nitrogens is 1. The molecule has 0 spiro atoms. The molecule has 2 N–H and O–H groups in total. The molecule has 0 radical (unpaired) electrons. The van der Waals surface area contributed by atoms with Gasteiger partial charge in [0.2, 0.25) is 0 Å². The Morgan fingerprint density at radius 1 is 1.44 bits per heavy atom. The first kappa shape index (κ1) is 19.4. The molecule has 27 heavy (non-hydrogen) atoms. The van der Waals surface area contributed by atoms with Crippen LogP contribution < -0.4 is 14.8 Å². The first-order valence-electron chi connectivity index (χ1n) is 8.53. The van der Waals surface area contributed by atoms with Crippen molar-refractivity contribution in [3.05, 3.63) is 30.0 Å². The Kier molecular flexibility index (Phi) is 4.99. The Bertz CT molecular complexity index is 1010. The predicted octanol–water partition coefficient (Wildman–Crippen LogP) is 1.47. The number of nitrogens with zero attached hydrogens (tertiary/aromatic N) is 4. The molecule has 9 heteroatoms. The highest BCUT2D eigenvalue weighted by Gasteiger charge is 2.40. The number of methoxy groups -OCH3 is 1. The van der Waals surface area contributed by atoms with Crippen molar-refractivity contribution in [2.75, 3.05) is 38.7 Å². The van der Waals surface area contributed by atoms with Gasteiger partial charge in [0.1, 0.15) is 11.8 Å². The van der Waals surface area contributed by atoms with Crippen LogP contribution in [0.5, 0.6) is 5.75 Å². The number of hydrogen-bond donors (Lipinski definition) is 1. The van der Waals surface area contributed by atoms with Crippen molar-refractivity contribution >= 4 is 26.8 Å². The molecule has 0 unspecified atom stereocenters. The van der Waals surface area contributed by atoms with E-state index in [0.29, 0.717) is 24.3 Å². The van der Waals surface area contributed by atoms with Crippen molar-refractivity contribution in [2.24, 2.45) is 10.6 Å². The minimum absolute atomic E-state index is 0.0479. The number of nitriles is 1. The van der Waals surface area contributed by atoms with E-state index in [1.807, 2.05) is 18.2 Å². The van der Waals surface area contributed by atoms with E-state index >= 15 is 0 Å². The summed E-state index contributed by atoms with van der Waals surface area (Å²) < 4.78 is 29.1. The number of nitrogens with two attached hydrogens (primary N) is 1. The smallest absolute Gasteiger partial charge is 0.276 e. The first-order chi connectivity index (χ1) is 12.7. The summed E-state index contributed by atoms with van der Waals surface area (Å²) in [6.45, 7) is 3.93. The Hall–Kier alpha value is -2.41. The first-order valence-corrected chi connectivity index (χ1v) is 10.0. The third-order valence-corrected chi connectivity index (χ3v) is 6.15. The van der Waals surface area contributed by atoms with E-state index in [1.165, 1.54) is 7.05 Å². The van der Waals surface area contributed by atoms with Crippen LogP contribution >= 0.6 is 0 Å². The number of pyridine rings is 1. The summed E-state index contributed by atoms with van der Waals surface area (Å²) in [4.78, 5) is 6.51. The van der Waals surface area contributed by atoms with Crippen LogP contribution in [0.2, 0.25) is 0 Å². The second-order valence-corrected chi connectivity index (χ2v) is 8.95. The average Bonchev–Trinajstić information content (AvgIpc) is 2.61. The van der Waals surface area contributed by atoms with Gasteiger partial charge in [0.15, 0.2) is 0 Å². The van der Waals surface area contributed by atoms with Gasteiger partial charge < -0.3 is 9.64 Å². The third-order valence-electron chi connectivity index (χ3n) is 5.09. The zero-order valence-electron chi connectivity index (χ0n) is 15.6. The molecule has 8 nitrogen and oxygen atoms in total. The number of fused-ring (bicyclic) bond motifs is 1. The van der Waals surface area contributed by atoms with Crippen LogP contribution in [0.15, 0.2) is 24.4 Å². The number of benzene rings is 1. The number of ether oxygens (including phenoxy) is 1. The number of rotatable bonds is 6. The Labute approximate surface area is 159 Å². The van der Waals surface area contributed by atoms with E-state index in [2.05, 4.69) is 22.9 Å². The maximum atomic E-state index is 11.4. The molecule has 0 amide bonds. The van der Waals surface area contributed by atoms with Gasteiger partial charge in [-0.2, -0.15) is 18.0 Å². The van der Waals surface area contributed by atoms with Gasteiger partial charge in [-0.3, -0.25) is 4.98 Å². The van der Waals surface area contributed by atoms with Gasteiger partial charge in [-0.05, 0) is 18.6 Å². The SMILES string of the molecule is COc1ccc2c(N3CC(C)(CCN(C)S(N)(=O)=O)C3)c(C#N)cnc2c1. The molecule has 1 aromatic carbocycles. The van der Waals surface area contributed by atoms with E-state index in [4.69, 9.17) is 9.88 Å². The van der Waals surface area contributed by atoms with Crippen LogP contribution in [0.4, 0.5) is 5.69 Å².